The van der Waals surface area contributed by atoms with Gasteiger partial charge in [-0.05, 0) is 132 Å². The van der Waals surface area contributed by atoms with E-state index in [1.165, 1.54) is 75.3 Å². The molecule has 7 nitrogen and oxygen atoms in total. The molecular weight excluding hydrogens is 703 g/mol. The molecule has 0 spiro atoms. The van der Waals surface area contributed by atoms with Crippen LogP contribution in [0.1, 0.15) is 140 Å². The van der Waals surface area contributed by atoms with Crippen molar-refractivity contribution in [2.24, 2.45) is 50.7 Å². The molecule has 5 aliphatic carbocycles. The summed E-state index contributed by atoms with van der Waals surface area (Å²) in [6.45, 7) is 27.5. The zero-order chi connectivity index (χ0) is 40.2. The number of rotatable bonds is 6. The summed E-state index contributed by atoms with van der Waals surface area (Å²) in [7, 11) is -4.18. The SMILES string of the molecule is C.C=CC.CC.CC1(C)C(c2ccc(B(O)O)cc2)=CCC2(C)C1CCC1(C)C2CCC2[C@H]3CCCC3(C)CC[C@]21C.O=CNCCN1CCS(=O)(=O)CC1. The molecule has 7 rings (SSSR count). The van der Waals surface area contributed by atoms with Crippen molar-refractivity contribution in [3.63, 3.8) is 0 Å². The number of nitrogens with zero attached hydrogens (tertiary/aromatic N) is 1. The minimum atomic E-state index is -2.78. The number of sulfone groups is 1. The molecule has 1 aliphatic heterocycles. The van der Waals surface area contributed by atoms with Crippen LogP contribution < -0.4 is 10.8 Å². The number of amides is 1. The van der Waals surface area contributed by atoms with Gasteiger partial charge in [0.05, 0.1) is 11.5 Å². The molecule has 1 amide bonds. The minimum Gasteiger partial charge on any atom is -0.423 e. The fraction of sp³-hybridized carbons (Fsp3) is 0.761. The Balaban J connectivity index is 0.000000360. The van der Waals surface area contributed by atoms with E-state index in [4.69, 9.17) is 0 Å². The van der Waals surface area contributed by atoms with Crippen molar-refractivity contribution in [2.45, 2.75) is 134 Å². The van der Waals surface area contributed by atoms with Gasteiger partial charge < -0.3 is 15.4 Å². The summed E-state index contributed by atoms with van der Waals surface area (Å²) in [5.41, 5.74) is 5.32. The molecule has 5 fully saturated rings. The van der Waals surface area contributed by atoms with Gasteiger partial charge in [-0.15, -0.1) is 6.58 Å². The van der Waals surface area contributed by atoms with E-state index in [0.29, 0.717) is 59.1 Å². The quantitative estimate of drug-likeness (QED) is 0.116. The monoisotopic (exact) mass is 783 g/mol. The number of hydrogen-bond acceptors (Lipinski definition) is 6. The van der Waals surface area contributed by atoms with Gasteiger partial charge in [0, 0.05) is 26.2 Å². The van der Waals surface area contributed by atoms with Crippen molar-refractivity contribution in [1.29, 1.82) is 0 Å². The average Bonchev–Trinajstić information content (AvgIpc) is 3.52. The van der Waals surface area contributed by atoms with Crippen molar-refractivity contribution >= 4 is 34.4 Å². The lowest BCUT2D eigenvalue weighted by atomic mass is 9.33. The third-order valence-corrected chi connectivity index (χ3v) is 17.6. The second-order valence-electron chi connectivity index (χ2n) is 18.8. The molecule has 1 aromatic rings. The highest BCUT2D eigenvalue weighted by molar-refractivity contribution is 7.91. The number of benzene rings is 1. The Morgan fingerprint density at radius 3 is 2.07 bits per heavy atom. The van der Waals surface area contributed by atoms with E-state index in [1.807, 2.05) is 37.8 Å². The summed E-state index contributed by atoms with van der Waals surface area (Å²) in [4.78, 5) is 12.0. The first-order chi connectivity index (χ1) is 25.4. The number of allylic oxidation sites excluding steroid dienone is 3. The first-order valence-corrected chi connectivity index (χ1v) is 23.1. The molecule has 6 unspecified atom stereocenters. The molecule has 55 heavy (non-hydrogen) atoms. The van der Waals surface area contributed by atoms with Crippen LogP contribution in [0.15, 0.2) is 43.0 Å². The number of carbonyl (C=O) groups is 1. The van der Waals surface area contributed by atoms with Gasteiger partial charge in [-0.25, -0.2) is 8.42 Å². The lowest BCUT2D eigenvalue weighted by molar-refractivity contribution is -0.221. The maximum absolute atomic E-state index is 11.0. The molecule has 9 heteroatoms. The van der Waals surface area contributed by atoms with Crippen molar-refractivity contribution in [1.82, 2.24) is 10.2 Å². The molecule has 4 saturated carbocycles. The van der Waals surface area contributed by atoms with Gasteiger partial charge in [-0.2, -0.15) is 0 Å². The summed E-state index contributed by atoms with van der Waals surface area (Å²) in [6.07, 6.45) is 19.1. The predicted molar refractivity (Wildman–Crippen MR) is 234 cm³/mol. The van der Waals surface area contributed by atoms with Gasteiger partial charge in [-0.3, -0.25) is 9.69 Å². The summed E-state index contributed by atoms with van der Waals surface area (Å²) in [5, 5.41) is 21.7. The van der Waals surface area contributed by atoms with Gasteiger partial charge in [0.2, 0.25) is 6.41 Å². The third kappa shape index (κ3) is 9.21. The Morgan fingerprint density at radius 1 is 0.873 bits per heavy atom. The van der Waals surface area contributed by atoms with E-state index in [1.54, 1.807) is 6.08 Å². The third-order valence-electron chi connectivity index (χ3n) is 16.0. The maximum atomic E-state index is 11.0. The highest BCUT2D eigenvalue weighted by atomic mass is 32.2. The summed E-state index contributed by atoms with van der Waals surface area (Å²) in [5.74, 6) is 3.88. The second-order valence-corrected chi connectivity index (χ2v) is 21.1. The molecule has 0 radical (unpaired) electrons. The minimum absolute atomic E-state index is 0. The smallest absolute Gasteiger partial charge is 0.423 e. The highest BCUT2D eigenvalue weighted by Crippen LogP contribution is 2.77. The van der Waals surface area contributed by atoms with E-state index in [2.05, 4.69) is 71.6 Å². The summed E-state index contributed by atoms with van der Waals surface area (Å²) < 4.78 is 22.1. The molecule has 1 heterocycles. The molecule has 3 N–H and O–H groups in total. The van der Waals surface area contributed by atoms with E-state index < -0.39 is 17.0 Å². The number of fused-ring (bicyclic) bond motifs is 7. The van der Waals surface area contributed by atoms with Crippen LogP contribution in [0.2, 0.25) is 0 Å². The van der Waals surface area contributed by atoms with Crippen LogP contribution in [0.3, 0.4) is 0 Å². The van der Waals surface area contributed by atoms with E-state index in [0.717, 1.165) is 24.3 Å². The van der Waals surface area contributed by atoms with Gasteiger partial charge in [0.1, 0.15) is 0 Å². The van der Waals surface area contributed by atoms with E-state index >= 15 is 0 Å². The van der Waals surface area contributed by atoms with Crippen molar-refractivity contribution in [3.05, 3.63) is 48.6 Å². The Labute approximate surface area is 337 Å². The fourth-order valence-corrected chi connectivity index (χ4v) is 14.4. The molecule has 6 aliphatic rings. The van der Waals surface area contributed by atoms with Crippen LogP contribution in [0.4, 0.5) is 0 Å². The van der Waals surface area contributed by atoms with Gasteiger partial charge in [0.25, 0.3) is 0 Å². The largest absolute Gasteiger partial charge is 0.488 e. The van der Waals surface area contributed by atoms with Crippen LogP contribution in [-0.4, -0.2) is 74.6 Å². The molecular formula is C46H79BN2O5S. The zero-order valence-corrected chi connectivity index (χ0v) is 36.2. The lowest BCUT2D eigenvalue weighted by Crippen LogP contribution is -2.64. The molecule has 0 bridgehead atoms. The van der Waals surface area contributed by atoms with Gasteiger partial charge >= 0.3 is 7.12 Å². The lowest BCUT2D eigenvalue weighted by Gasteiger charge is -2.72. The average molecular weight is 783 g/mol. The molecule has 312 valence electrons. The highest BCUT2D eigenvalue weighted by Gasteiger charge is 2.68. The molecule has 1 aromatic carbocycles. The van der Waals surface area contributed by atoms with Crippen LogP contribution in [0.5, 0.6) is 0 Å². The zero-order valence-electron chi connectivity index (χ0n) is 35.4. The summed E-state index contributed by atoms with van der Waals surface area (Å²) in [6, 6.07) is 7.96. The molecule has 1 saturated heterocycles. The molecule has 8 atom stereocenters. The Hall–Kier alpha value is -1.94. The normalized spacial score (nSPS) is 36.5. The predicted octanol–water partition coefficient (Wildman–Crippen LogP) is 8.55. The van der Waals surface area contributed by atoms with E-state index in [9.17, 15) is 23.3 Å². The Bertz CT molecular complexity index is 1550. The number of nitrogens with one attached hydrogen (secondary N) is 1. The van der Waals surface area contributed by atoms with Crippen LogP contribution >= 0.6 is 0 Å². The van der Waals surface area contributed by atoms with Crippen LogP contribution in [0.25, 0.3) is 5.57 Å². The number of carbonyl (C=O) groups excluding carboxylic acids is 1. The Morgan fingerprint density at radius 2 is 1.49 bits per heavy atom. The number of hydrogen-bond donors (Lipinski definition) is 3. The standard InChI is InChI=1S/C33H49BO2.C7H14N2O3S.C3H6.C2H6.CH4/c1-29(2)24(22-9-11-23(12-10-22)34(35)36)15-18-31(4)27(29)16-19-33(6)28(31)14-13-26-25-8-7-17-30(25,3)20-21-32(26,33)5;10-7-8-1-2-9-3-5-13(11,12)6-4-9;1-3-2;1-2;/h9-12,15,25-28,35-36H,7-8,13-14,16-21H2,1-6H3;7H,1-6H2,(H,8,10);3H,1H2,2H3;1-2H3;1H4/t25-,26?,27?,28?,30?,31?,32-,33?;;;;/m1..../s1. The van der Waals surface area contributed by atoms with Crippen LogP contribution in [-0.2, 0) is 14.6 Å². The van der Waals surface area contributed by atoms with Crippen molar-refractivity contribution < 1.29 is 23.3 Å². The molecule has 0 aromatic heterocycles. The fourth-order valence-electron chi connectivity index (χ4n) is 13.1. The van der Waals surface area contributed by atoms with Gasteiger partial charge in [0.15, 0.2) is 9.84 Å². The van der Waals surface area contributed by atoms with E-state index in [-0.39, 0.29) is 24.3 Å². The summed E-state index contributed by atoms with van der Waals surface area (Å²) >= 11 is 0. The van der Waals surface area contributed by atoms with Gasteiger partial charge in [-0.1, -0.05) is 106 Å². The maximum Gasteiger partial charge on any atom is 0.488 e. The van der Waals surface area contributed by atoms with Crippen LogP contribution in [0, 0.1) is 50.7 Å². The Kier molecular flexibility index (Phi) is 16.2. The van der Waals surface area contributed by atoms with Crippen molar-refractivity contribution in [2.75, 3.05) is 37.7 Å². The topological polar surface area (TPSA) is 107 Å². The first-order valence-electron chi connectivity index (χ1n) is 21.3. The second kappa shape index (κ2) is 18.8. The first kappa shape index (κ1) is 47.4. The van der Waals surface area contributed by atoms with Crippen molar-refractivity contribution in [3.8, 4) is 0 Å².